The number of hydrazine groups is 1. The van der Waals surface area contributed by atoms with E-state index in [1.54, 1.807) is 12.1 Å². The van der Waals surface area contributed by atoms with E-state index < -0.39 is 0 Å². The summed E-state index contributed by atoms with van der Waals surface area (Å²) in [6.45, 7) is 3.73. The number of hydrogen-bond acceptors (Lipinski definition) is 4. The zero-order valence-corrected chi connectivity index (χ0v) is 10.8. The van der Waals surface area contributed by atoms with Gasteiger partial charge in [0, 0.05) is 17.1 Å². The first-order chi connectivity index (χ1) is 9.13. The second-order valence-corrected chi connectivity index (χ2v) is 4.04. The van der Waals surface area contributed by atoms with E-state index in [0.717, 1.165) is 11.4 Å². The first kappa shape index (κ1) is 12.8. The number of benzene rings is 1. The molecule has 2 aromatic rings. The number of rotatable bonds is 3. The molecule has 3 N–H and O–H groups in total. The molecule has 0 bridgehead atoms. The summed E-state index contributed by atoms with van der Waals surface area (Å²) in [5.41, 5.74) is 7.52. The molecule has 19 heavy (non-hydrogen) atoms. The van der Waals surface area contributed by atoms with Gasteiger partial charge in [0.05, 0.1) is 0 Å². The highest BCUT2D eigenvalue weighted by Crippen LogP contribution is 2.05. The SMILES string of the molecule is Cc1cc(C)nc(NNC(=O)Nc2ccccc2)n1. The molecule has 0 unspecified atom stereocenters. The summed E-state index contributed by atoms with van der Waals surface area (Å²) in [4.78, 5) is 19.9. The van der Waals surface area contributed by atoms with Crippen LogP contribution in [0.4, 0.5) is 16.4 Å². The Morgan fingerprint density at radius 2 is 1.68 bits per heavy atom. The second-order valence-electron chi connectivity index (χ2n) is 4.04. The third-order valence-electron chi connectivity index (χ3n) is 2.30. The molecular weight excluding hydrogens is 242 g/mol. The normalized spacial score (nSPS) is 9.79. The van der Waals surface area contributed by atoms with Crippen LogP contribution < -0.4 is 16.2 Å². The minimum Gasteiger partial charge on any atom is -0.307 e. The molecule has 0 aliphatic rings. The van der Waals surface area contributed by atoms with Crippen LogP contribution in [0.2, 0.25) is 0 Å². The fourth-order valence-corrected chi connectivity index (χ4v) is 1.58. The molecule has 6 nitrogen and oxygen atoms in total. The lowest BCUT2D eigenvalue weighted by atomic mass is 10.3. The van der Waals surface area contributed by atoms with Gasteiger partial charge in [-0.15, -0.1) is 0 Å². The Kier molecular flexibility index (Phi) is 3.92. The summed E-state index contributed by atoms with van der Waals surface area (Å²) in [6.07, 6.45) is 0. The number of nitrogens with one attached hydrogen (secondary N) is 3. The molecular formula is C13H15N5O. The van der Waals surface area contributed by atoms with Crippen LogP contribution in [0.15, 0.2) is 36.4 Å². The molecule has 0 radical (unpaired) electrons. The van der Waals surface area contributed by atoms with E-state index >= 15 is 0 Å². The van der Waals surface area contributed by atoms with Crippen molar-refractivity contribution in [2.24, 2.45) is 0 Å². The van der Waals surface area contributed by atoms with Crippen LogP contribution in [-0.4, -0.2) is 16.0 Å². The fourth-order valence-electron chi connectivity index (χ4n) is 1.58. The lowest BCUT2D eigenvalue weighted by Gasteiger charge is -2.09. The van der Waals surface area contributed by atoms with Gasteiger partial charge in [-0.1, -0.05) is 18.2 Å². The first-order valence-corrected chi connectivity index (χ1v) is 5.84. The zero-order chi connectivity index (χ0) is 13.7. The lowest BCUT2D eigenvalue weighted by Crippen LogP contribution is -2.34. The van der Waals surface area contributed by atoms with E-state index in [0.29, 0.717) is 11.6 Å². The van der Waals surface area contributed by atoms with Crippen molar-refractivity contribution >= 4 is 17.7 Å². The molecule has 0 saturated heterocycles. The van der Waals surface area contributed by atoms with Crippen molar-refractivity contribution < 1.29 is 4.79 Å². The van der Waals surface area contributed by atoms with Gasteiger partial charge in [0.25, 0.3) is 0 Å². The molecule has 0 atom stereocenters. The maximum atomic E-state index is 11.6. The van der Waals surface area contributed by atoms with Crippen molar-refractivity contribution in [3.8, 4) is 0 Å². The number of anilines is 2. The van der Waals surface area contributed by atoms with Crippen molar-refractivity contribution in [3.05, 3.63) is 47.8 Å². The molecule has 0 aliphatic carbocycles. The van der Waals surface area contributed by atoms with E-state index in [1.165, 1.54) is 0 Å². The van der Waals surface area contributed by atoms with Crippen molar-refractivity contribution in [3.63, 3.8) is 0 Å². The number of hydrogen-bond donors (Lipinski definition) is 3. The van der Waals surface area contributed by atoms with Crippen molar-refractivity contribution in [2.75, 3.05) is 10.7 Å². The van der Waals surface area contributed by atoms with Crippen LogP contribution in [0, 0.1) is 13.8 Å². The minimum absolute atomic E-state index is 0.362. The van der Waals surface area contributed by atoms with Crippen LogP contribution in [0.25, 0.3) is 0 Å². The third-order valence-corrected chi connectivity index (χ3v) is 2.30. The Hall–Kier alpha value is -2.63. The largest absolute Gasteiger partial charge is 0.337 e. The van der Waals surface area contributed by atoms with E-state index in [2.05, 4.69) is 26.1 Å². The van der Waals surface area contributed by atoms with Gasteiger partial charge < -0.3 is 5.32 Å². The van der Waals surface area contributed by atoms with Crippen molar-refractivity contribution in [1.29, 1.82) is 0 Å². The predicted octanol–water partition coefficient (Wildman–Crippen LogP) is 2.24. The maximum absolute atomic E-state index is 11.6. The molecule has 0 saturated carbocycles. The van der Waals surface area contributed by atoms with Gasteiger partial charge in [-0.05, 0) is 32.0 Å². The van der Waals surface area contributed by atoms with Crippen LogP contribution in [0.3, 0.4) is 0 Å². The van der Waals surface area contributed by atoms with Crippen molar-refractivity contribution in [1.82, 2.24) is 15.4 Å². The van der Waals surface area contributed by atoms with Crippen LogP contribution in [-0.2, 0) is 0 Å². The molecule has 0 aliphatic heterocycles. The zero-order valence-electron chi connectivity index (χ0n) is 10.8. The molecule has 1 aromatic carbocycles. The van der Waals surface area contributed by atoms with Gasteiger partial charge in [-0.3, -0.25) is 5.43 Å². The van der Waals surface area contributed by atoms with Gasteiger partial charge in [0.2, 0.25) is 5.95 Å². The fraction of sp³-hybridized carbons (Fsp3) is 0.154. The van der Waals surface area contributed by atoms with Crippen LogP contribution in [0.5, 0.6) is 0 Å². The molecule has 6 heteroatoms. The minimum atomic E-state index is -0.381. The average molecular weight is 257 g/mol. The van der Waals surface area contributed by atoms with Gasteiger partial charge in [-0.2, -0.15) is 0 Å². The summed E-state index contributed by atoms with van der Waals surface area (Å²) in [5, 5.41) is 2.67. The second kappa shape index (κ2) is 5.81. The number of nitrogens with zero attached hydrogens (tertiary/aromatic N) is 2. The Morgan fingerprint density at radius 1 is 1.05 bits per heavy atom. The molecule has 0 spiro atoms. The van der Waals surface area contributed by atoms with Crippen LogP contribution >= 0.6 is 0 Å². The summed E-state index contributed by atoms with van der Waals surface area (Å²) in [7, 11) is 0. The van der Waals surface area contributed by atoms with Gasteiger partial charge in [-0.25, -0.2) is 20.2 Å². The maximum Gasteiger partial charge on any atom is 0.337 e. The summed E-state index contributed by atoms with van der Waals surface area (Å²) < 4.78 is 0. The third kappa shape index (κ3) is 3.95. The van der Waals surface area contributed by atoms with Gasteiger partial charge in [0.1, 0.15) is 0 Å². The van der Waals surface area contributed by atoms with Gasteiger partial charge >= 0.3 is 6.03 Å². The van der Waals surface area contributed by atoms with E-state index in [1.807, 2.05) is 38.1 Å². The monoisotopic (exact) mass is 257 g/mol. The number of carbonyl (C=O) groups excluding carboxylic acids is 1. The molecule has 1 aromatic heterocycles. The highest BCUT2D eigenvalue weighted by atomic mass is 16.2. The number of aromatic nitrogens is 2. The number of aryl methyl sites for hydroxylation is 2. The summed E-state index contributed by atoms with van der Waals surface area (Å²) >= 11 is 0. The Balaban J connectivity index is 1.90. The Bertz CT molecular complexity index is 550. The standard InChI is InChI=1S/C13H15N5O/c1-9-8-10(2)15-12(14-9)17-18-13(19)16-11-6-4-3-5-7-11/h3-8H,1-2H3,(H,14,15,17)(H2,16,18,19). The number of urea groups is 1. The predicted molar refractivity (Wildman–Crippen MR) is 73.7 cm³/mol. The van der Waals surface area contributed by atoms with Gasteiger partial charge in [0.15, 0.2) is 0 Å². The molecule has 1 heterocycles. The summed E-state index contributed by atoms with van der Waals surface area (Å²) in [6, 6.07) is 10.6. The number of carbonyl (C=O) groups is 1. The quantitative estimate of drug-likeness (QED) is 0.737. The first-order valence-electron chi connectivity index (χ1n) is 5.84. The lowest BCUT2D eigenvalue weighted by molar-refractivity contribution is 0.253. The smallest absolute Gasteiger partial charge is 0.307 e. The molecule has 0 fully saturated rings. The van der Waals surface area contributed by atoms with Crippen LogP contribution in [0.1, 0.15) is 11.4 Å². The van der Waals surface area contributed by atoms with E-state index in [9.17, 15) is 4.79 Å². The highest BCUT2D eigenvalue weighted by molar-refractivity contribution is 5.89. The molecule has 2 amide bonds. The van der Waals surface area contributed by atoms with Crippen molar-refractivity contribution in [2.45, 2.75) is 13.8 Å². The Morgan fingerprint density at radius 3 is 2.32 bits per heavy atom. The Labute approximate surface area is 111 Å². The topological polar surface area (TPSA) is 78.9 Å². The molecule has 2 rings (SSSR count). The van der Waals surface area contributed by atoms with E-state index in [4.69, 9.17) is 0 Å². The highest BCUT2D eigenvalue weighted by Gasteiger charge is 2.02. The number of amides is 2. The van der Waals surface area contributed by atoms with E-state index in [-0.39, 0.29) is 6.03 Å². The average Bonchev–Trinajstić information content (AvgIpc) is 2.36. The number of para-hydroxylation sites is 1. The summed E-state index contributed by atoms with van der Waals surface area (Å²) in [5.74, 6) is 0.362. The molecule has 98 valence electrons.